The highest BCUT2D eigenvalue weighted by Crippen LogP contribution is 2.32. The molecule has 3 amide bonds. The molecule has 164 valence electrons. The number of carbonyl (C=O) groups is 3. The number of nitrogens with zero attached hydrogens (tertiary/aromatic N) is 2. The third-order valence-corrected chi connectivity index (χ3v) is 4.94. The number of unbranched alkanes of at least 4 members (excludes halogenated alkanes) is 1. The second kappa shape index (κ2) is 11.1. The highest BCUT2D eigenvalue weighted by atomic mass is 16.6. The van der Waals surface area contributed by atoms with Gasteiger partial charge in [-0.25, -0.2) is 9.59 Å². The van der Waals surface area contributed by atoms with E-state index in [0.29, 0.717) is 31.2 Å². The molecule has 1 aromatic rings. The summed E-state index contributed by atoms with van der Waals surface area (Å²) in [5.74, 6) is -1.08. The number of anilines is 1. The van der Waals surface area contributed by atoms with E-state index >= 15 is 0 Å². The fourth-order valence-corrected chi connectivity index (χ4v) is 3.11. The van der Waals surface area contributed by atoms with Crippen molar-refractivity contribution in [2.45, 2.75) is 39.5 Å². The Bertz CT molecular complexity index is 790. The zero-order valence-corrected chi connectivity index (χ0v) is 17.3. The molecule has 1 fully saturated rings. The summed E-state index contributed by atoms with van der Waals surface area (Å²) in [6.07, 6.45) is 3.57. The lowest BCUT2D eigenvalue weighted by Crippen LogP contribution is -2.41. The number of hydrogen-bond donors (Lipinski definition) is 2. The fraction of sp³-hybridized carbons (Fsp3) is 0.550. The third-order valence-electron chi connectivity index (χ3n) is 4.94. The van der Waals surface area contributed by atoms with Crippen LogP contribution in [-0.2, 0) is 9.53 Å². The van der Waals surface area contributed by atoms with Crippen LogP contribution in [-0.4, -0.2) is 49.1 Å². The SMILES string of the molecule is CCCCNC(=O)NC(=O)COC(=O)c1ccc(N2CCC(C)CC2)c([N+](=O)[O-])c1. The van der Waals surface area contributed by atoms with E-state index in [0.717, 1.165) is 31.7 Å². The molecule has 0 aromatic heterocycles. The second-order valence-corrected chi connectivity index (χ2v) is 7.36. The Hall–Kier alpha value is -3.17. The van der Waals surface area contributed by atoms with Crippen molar-refractivity contribution >= 4 is 29.3 Å². The first-order chi connectivity index (χ1) is 14.3. The molecule has 1 saturated heterocycles. The molecule has 2 rings (SSSR count). The first-order valence-corrected chi connectivity index (χ1v) is 10.1. The number of ether oxygens (including phenoxy) is 1. The van der Waals surface area contributed by atoms with Gasteiger partial charge >= 0.3 is 12.0 Å². The van der Waals surface area contributed by atoms with Gasteiger partial charge in [-0.1, -0.05) is 20.3 Å². The van der Waals surface area contributed by atoms with Crippen LogP contribution >= 0.6 is 0 Å². The van der Waals surface area contributed by atoms with Crippen LogP contribution in [0.4, 0.5) is 16.2 Å². The summed E-state index contributed by atoms with van der Waals surface area (Å²) in [6, 6.07) is 3.47. The van der Waals surface area contributed by atoms with Crippen molar-refractivity contribution in [2.24, 2.45) is 5.92 Å². The molecule has 0 spiro atoms. The summed E-state index contributed by atoms with van der Waals surface area (Å²) in [5, 5.41) is 16.1. The van der Waals surface area contributed by atoms with Gasteiger partial charge in [-0.15, -0.1) is 0 Å². The summed E-state index contributed by atoms with van der Waals surface area (Å²) in [5.41, 5.74) is 0.250. The number of nitro groups is 1. The number of esters is 1. The minimum absolute atomic E-state index is 0.0315. The summed E-state index contributed by atoms with van der Waals surface area (Å²) in [4.78, 5) is 48.4. The molecule has 0 atom stereocenters. The van der Waals surface area contributed by atoms with Crippen molar-refractivity contribution in [3.63, 3.8) is 0 Å². The molecule has 0 unspecified atom stereocenters. The number of carbonyl (C=O) groups excluding carboxylic acids is 3. The number of nitro benzene ring substituents is 1. The van der Waals surface area contributed by atoms with Gasteiger partial charge in [0.05, 0.1) is 10.5 Å². The monoisotopic (exact) mass is 420 g/mol. The van der Waals surface area contributed by atoms with Gasteiger partial charge in [0.2, 0.25) is 0 Å². The molecule has 30 heavy (non-hydrogen) atoms. The van der Waals surface area contributed by atoms with Crippen molar-refractivity contribution in [3.05, 3.63) is 33.9 Å². The smallest absolute Gasteiger partial charge is 0.338 e. The van der Waals surface area contributed by atoms with Gasteiger partial charge in [-0.3, -0.25) is 20.2 Å². The zero-order valence-electron chi connectivity index (χ0n) is 17.3. The summed E-state index contributed by atoms with van der Waals surface area (Å²) < 4.78 is 4.88. The molecule has 1 aromatic carbocycles. The minimum Gasteiger partial charge on any atom is -0.452 e. The van der Waals surface area contributed by atoms with Crippen molar-refractivity contribution < 1.29 is 24.0 Å². The van der Waals surface area contributed by atoms with Gasteiger partial charge < -0.3 is 15.0 Å². The topological polar surface area (TPSA) is 131 Å². The van der Waals surface area contributed by atoms with Gasteiger partial charge in [0.15, 0.2) is 6.61 Å². The predicted molar refractivity (Wildman–Crippen MR) is 110 cm³/mol. The van der Waals surface area contributed by atoms with E-state index in [1.807, 2.05) is 17.1 Å². The zero-order chi connectivity index (χ0) is 22.1. The number of hydrogen-bond acceptors (Lipinski definition) is 7. The van der Waals surface area contributed by atoms with Crippen LogP contribution in [0.1, 0.15) is 49.9 Å². The number of nitrogens with one attached hydrogen (secondary N) is 2. The first-order valence-electron chi connectivity index (χ1n) is 10.1. The Balaban J connectivity index is 1.95. The van der Waals surface area contributed by atoms with Gasteiger partial charge in [0.25, 0.3) is 11.6 Å². The predicted octanol–water partition coefficient (Wildman–Crippen LogP) is 2.61. The average molecular weight is 420 g/mol. The van der Waals surface area contributed by atoms with Crippen LogP contribution in [0, 0.1) is 16.0 Å². The molecule has 1 heterocycles. The van der Waals surface area contributed by atoms with Crippen molar-refractivity contribution in [2.75, 3.05) is 31.1 Å². The van der Waals surface area contributed by atoms with E-state index in [2.05, 4.69) is 12.2 Å². The molecule has 0 saturated carbocycles. The van der Waals surface area contributed by atoms with Crippen LogP contribution in [0.3, 0.4) is 0 Å². The Morgan fingerprint density at radius 3 is 2.60 bits per heavy atom. The van der Waals surface area contributed by atoms with Crippen molar-refractivity contribution in [3.8, 4) is 0 Å². The maximum Gasteiger partial charge on any atom is 0.338 e. The Labute approximate surface area is 175 Å². The normalized spacial score (nSPS) is 14.1. The van der Waals surface area contributed by atoms with Crippen LogP contribution < -0.4 is 15.5 Å². The standard InChI is InChI=1S/C20H28N4O6/c1-3-4-9-21-20(27)22-18(25)13-30-19(26)15-5-6-16(17(12-15)24(28)29)23-10-7-14(2)8-11-23/h5-6,12,14H,3-4,7-11,13H2,1-2H3,(H2,21,22,25,27). The van der Waals surface area contributed by atoms with E-state index in [1.54, 1.807) is 0 Å². The molecule has 10 nitrogen and oxygen atoms in total. The van der Waals surface area contributed by atoms with Crippen LogP contribution in [0.25, 0.3) is 0 Å². The highest BCUT2D eigenvalue weighted by Gasteiger charge is 2.25. The third kappa shape index (κ3) is 6.71. The summed E-state index contributed by atoms with van der Waals surface area (Å²) in [6.45, 7) is 5.31. The number of imide groups is 1. The molecular formula is C20H28N4O6. The quantitative estimate of drug-likeness (QED) is 0.286. The maximum absolute atomic E-state index is 12.2. The van der Waals surface area contributed by atoms with Gasteiger partial charge in [0, 0.05) is 25.7 Å². The molecule has 0 aliphatic carbocycles. The highest BCUT2D eigenvalue weighted by molar-refractivity contribution is 5.97. The lowest BCUT2D eigenvalue weighted by Gasteiger charge is -2.31. The van der Waals surface area contributed by atoms with Crippen LogP contribution in [0.2, 0.25) is 0 Å². The largest absolute Gasteiger partial charge is 0.452 e. The molecule has 10 heteroatoms. The Morgan fingerprint density at radius 2 is 1.97 bits per heavy atom. The number of benzene rings is 1. The molecule has 1 aliphatic rings. The van der Waals surface area contributed by atoms with Gasteiger partial charge in [0.1, 0.15) is 5.69 Å². The van der Waals surface area contributed by atoms with E-state index in [9.17, 15) is 24.5 Å². The van der Waals surface area contributed by atoms with Gasteiger partial charge in [-0.2, -0.15) is 0 Å². The molecule has 1 aliphatic heterocycles. The Morgan fingerprint density at radius 1 is 1.27 bits per heavy atom. The van der Waals surface area contributed by atoms with E-state index < -0.39 is 29.4 Å². The maximum atomic E-state index is 12.2. The van der Waals surface area contributed by atoms with Crippen molar-refractivity contribution in [1.82, 2.24) is 10.6 Å². The second-order valence-electron chi connectivity index (χ2n) is 7.36. The molecule has 0 radical (unpaired) electrons. The number of piperidine rings is 1. The lowest BCUT2D eigenvalue weighted by atomic mass is 9.98. The van der Waals surface area contributed by atoms with Crippen molar-refractivity contribution in [1.29, 1.82) is 0 Å². The minimum atomic E-state index is -0.876. The lowest BCUT2D eigenvalue weighted by molar-refractivity contribution is -0.384. The first kappa shape index (κ1) is 23.1. The summed E-state index contributed by atoms with van der Waals surface area (Å²) >= 11 is 0. The van der Waals surface area contributed by atoms with E-state index in [1.165, 1.54) is 12.1 Å². The summed E-state index contributed by atoms with van der Waals surface area (Å²) in [7, 11) is 0. The Kier molecular flexibility index (Phi) is 8.57. The van der Waals surface area contributed by atoms with Crippen LogP contribution in [0.5, 0.6) is 0 Å². The van der Waals surface area contributed by atoms with Gasteiger partial charge in [-0.05, 0) is 37.3 Å². The molecule has 2 N–H and O–H groups in total. The number of amides is 3. The molecule has 0 bridgehead atoms. The molecular weight excluding hydrogens is 392 g/mol. The van der Waals surface area contributed by atoms with E-state index in [4.69, 9.17) is 4.74 Å². The average Bonchev–Trinajstić information content (AvgIpc) is 2.72. The van der Waals surface area contributed by atoms with Crippen LogP contribution in [0.15, 0.2) is 18.2 Å². The number of rotatable bonds is 8. The van der Waals surface area contributed by atoms with E-state index in [-0.39, 0.29) is 11.3 Å². The number of urea groups is 1. The fourth-order valence-electron chi connectivity index (χ4n) is 3.11.